The van der Waals surface area contributed by atoms with Gasteiger partial charge < -0.3 is 0 Å². The van der Waals surface area contributed by atoms with Crippen molar-refractivity contribution in [3.63, 3.8) is 0 Å². The summed E-state index contributed by atoms with van der Waals surface area (Å²) in [6, 6.07) is 31.4. The van der Waals surface area contributed by atoms with E-state index in [9.17, 15) is 0 Å². The maximum atomic E-state index is 4.43. The fourth-order valence-corrected chi connectivity index (χ4v) is 8.01. The number of nitrogens with zero attached hydrogens (tertiary/aromatic N) is 2. The van der Waals surface area contributed by atoms with E-state index in [0.29, 0.717) is 11.8 Å². The molecule has 0 unspecified atom stereocenters. The van der Waals surface area contributed by atoms with E-state index in [1.807, 2.05) is 36.9 Å². The summed E-state index contributed by atoms with van der Waals surface area (Å²) < 4.78 is 0. The van der Waals surface area contributed by atoms with E-state index in [1.54, 1.807) is 0 Å². The Balaban J connectivity index is 1.23. The predicted octanol–water partition coefficient (Wildman–Crippen LogP) is 9.64. The number of allylic oxidation sites excluding steroid dienone is 8. The van der Waals surface area contributed by atoms with Crippen molar-refractivity contribution in [3.8, 4) is 22.3 Å². The molecule has 4 aliphatic rings. The average molecular weight is 533 g/mol. The Bertz CT molecular complexity index is 2120. The van der Waals surface area contributed by atoms with Crippen LogP contribution in [-0.2, 0) is 0 Å². The highest BCUT2D eigenvalue weighted by Gasteiger charge is 2.47. The monoisotopic (exact) mass is 532 g/mol. The van der Waals surface area contributed by atoms with Crippen molar-refractivity contribution in [2.75, 3.05) is 0 Å². The number of rotatable bonds is 2. The molecule has 0 saturated carbocycles. The number of aromatic nitrogens is 2. The van der Waals surface area contributed by atoms with Gasteiger partial charge in [0, 0.05) is 47.8 Å². The zero-order chi connectivity index (χ0) is 27.4. The number of pyridine rings is 2. The molecule has 0 aliphatic heterocycles. The molecule has 0 radical (unpaired) electrons. The fourth-order valence-electron chi connectivity index (χ4n) is 8.01. The molecule has 0 N–H and O–H groups in total. The van der Waals surface area contributed by atoms with Gasteiger partial charge in [0.2, 0.25) is 0 Å². The Morgan fingerprint density at radius 1 is 0.405 bits per heavy atom. The second kappa shape index (κ2) is 8.11. The minimum absolute atomic E-state index is 0.385. The van der Waals surface area contributed by atoms with Crippen molar-refractivity contribution in [1.29, 1.82) is 0 Å². The first-order chi connectivity index (χ1) is 20.8. The maximum Gasteiger partial charge on any atom is 0.0346 e. The second-order valence-corrected chi connectivity index (χ2v) is 11.8. The van der Waals surface area contributed by atoms with Gasteiger partial charge in [0.15, 0.2) is 0 Å². The zero-order valence-electron chi connectivity index (χ0n) is 22.8. The SMILES string of the molecule is C1=C2c3ccccc3C3=CC=C4c5cc6cc7c(-c8cccnc8)ccc(-c8cccnc8)c7cc6cc5C(=C1)C4C23. The zero-order valence-corrected chi connectivity index (χ0v) is 22.8. The third kappa shape index (κ3) is 2.89. The van der Waals surface area contributed by atoms with Crippen molar-refractivity contribution in [2.45, 2.75) is 0 Å². The van der Waals surface area contributed by atoms with Gasteiger partial charge in [-0.2, -0.15) is 0 Å². The normalized spacial score (nSPS) is 19.0. The van der Waals surface area contributed by atoms with Gasteiger partial charge in [0.25, 0.3) is 0 Å². The lowest BCUT2D eigenvalue weighted by atomic mass is 9.72. The minimum Gasteiger partial charge on any atom is -0.264 e. The summed E-state index contributed by atoms with van der Waals surface area (Å²) in [6.07, 6.45) is 17.2. The molecular formula is C40H24N2. The topological polar surface area (TPSA) is 25.8 Å². The van der Waals surface area contributed by atoms with Crippen LogP contribution in [0.4, 0.5) is 0 Å². The van der Waals surface area contributed by atoms with E-state index in [2.05, 4.69) is 107 Å². The summed E-state index contributed by atoms with van der Waals surface area (Å²) in [7, 11) is 0. The van der Waals surface area contributed by atoms with Gasteiger partial charge in [0.05, 0.1) is 0 Å². The number of hydrogen-bond donors (Lipinski definition) is 0. The van der Waals surface area contributed by atoms with Crippen LogP contribution in [0.3, 0.4) is 0 Å². The summed E-state index contributed by atoms with van der Waals surface area (Å²) in [5.41, 5.74) is 16.1. The highest BCUT2D eigenvalue weighted by Crippen LogP contribution is 2.63. The largest absolute Gasteiger partial charge is 0.264 e. The molecule has 0 bridgehead atoms. The standard InChI is InChI=1S/C40H24N2/c1-2-8-30-29(7-1)31-11-13-33-37-19-25-17-35-27(23-5-3-15-41-21-23)9-10-28(24-6-4-16-42-22-24)36(35)18-26(25)20-38(37)34-14-12-32(30)39(31)40(33)34/h1-22,39-40H. The van der Waals surface area contributed by atoms with Gasteiger partial charge in [0.1, 0.15) is 0 Å². The van der Waals surface area contributed by atoms with Crippen molar-refractivity contribution in [2.24, 2.45) is 11.8 Å². The lowest BCUT2D eigenvalue weighted by Crippen LogP contribution is -2.17. The molecule has 0 spiro atoms. The first kappa shape index (κ1) is 22.4. The van der Waals surface area contributed by atoms with Crippen molar-refractivity contribution >= 4 is 43.8 Å². The molecule has 2 aromatic heterocycles. The van der Waals surface area contributed by atoms with Crippen LogP contribution in [0.1, 0.15) is 22.3 Å². The maximum absolute atomic E-state index is 4.43. The summed E-state index contributed by atoms with van der Waals surface area (Å²) in [5, 5.41) is 5.02. The van der Waals surface area contributed by atoms with Crippen molar-refractivity contribution in [1.82, 2.24) is 9.97 Å². The smallest absolute Gasteiger partial charge is 0.0346 e. The molecule has 0 saturated heterocycles. The third-order valence-corrected chi connectivity index (χ3v) is 9.78. The van der Waals surface area contributed by atoms with Gasteiger partial charge in [-0.3, -0.25) is 9.97 Å². The molecular weight excluding hydrogens is 508 g/mol. The van der Waals surface area contributed by atoms with Gasteiger partial charge in [-0.15, -0.1) is 0 Å². The van der Waals surface area contributed by atoms with E-state index in [-0.39, 0.29) is 0 Å². The van der Waals surface area contributed by atoms with Gasteiger partial charge in [-0.1, -0.05) is 72.8 Å². The third-order valence-electron chi connectivity index (χ3n) is 9.78. The van der Waals surface area contributed by atoms with E-state index >= 15 is 0 Å². The number of hydrogen-bond acceptors (Lipinski definition) is 2. The summed E-state index contributed by atoms with van der Waals surface area (Å²) in [4.78, 5) is 8.86. The average Bonchev–Trinajstić information content (AvgIpc) is 3.55. The Kier molecular flexibility index (Phi) is 4.32. The highest BCUT2D eigenvalue weighted by molar-refractivity contribution is 6.14. The predicted molar refractivity (Wildman–Crippen MR) is 173 cm³/mol. The molecule has 0 fully saturated rings. The Hall–Kier alpha value is -5.34. The number of fused-ring (bicyclic) bond motifs is 8. The van der Waals surface area contributed by atoms with E-state index in [0.717, 1.165) is 11.1 Å². The molecule has 0 amide bonds. The van der Waals surface area contributed by atoms with E-state index in [4.69, 9.17) is 0 Å². The van der Waals surface area contributed by atoms with Crippen LogP contribution < -0.4 is 0 Å². The van der Waals surface area contributed by atoms with E-state index < -0.39 is 0 Å². The Morgan fingerprint density at radius 2 is 0.857 bits per heavy atom. The first-order valence-corrected chi connectivity index (χ1v) is 14.6. The van der Waals surface area contributed by atoms with Crippen LogP contribution in [-0.4, -0.2) is 9.97 Å². The molecule has 194 valence electrons. The summed E-state index contributed by atoms with van der Waals surface area (Å²) in [5.74, 6) is 0.793. The van der Waals surface area contributed by atoms with Crippen LogP contribution in [0.5, 0.6) is 0 Å². The molecule has 10 rings (SSSR count). The van der Waals surface area contributed by atoms with Crippen molar-refractivity contribution < 1.29 is 0 Å². The van der Waals surface area contributed by atoms with Crippen LogP contribution >= 0.6 is 0 Å². The first-order valence-electron chi connectivity index (χ1n) is 14.6. The lowest BCUT2D eigenvalue weighted by molar-refractivity contribution is 0.758. The second-order valence-electron chi connectivity index (χ2n) is 11.8. The summed E-state index contributed by atoms with van der Waals surface area (Å²) in [6.45, 7) is 0. The van der Waals surface area contributed by atoms with E-state index in [1.165, 1.54) is 77.2 Å². The summed E-state index contributed by atoms with van der Waals surface area (Å²) >= 11 is 0. The molecule has 2 heteroatoms. The molecule has 4 aromatic carbocycles. The quantitative estimate of drug-likeness (QED) is 0.208. The lowest BCUT2D eigenvalue weighted by Gasteiger charge is -2.30. The Morgan fingerprint density at radius 3 is 1.29 bits per heavy atom. The fraction of sp³-hybridized carbons (Fsp3) is 0.0500. The Labute approximate surface area is 243 Å². The minimum atomic E-state index is 0.385. The van der Waals surface area contributed by atoms with Crippen LogP contribution in [0, 0.1) is 11.8 Å². The van der Waals surface area contributed by atoms with Gasteiger partial charge >= 0.3 is 0 Å². The highest BCUT2D eigenvalue weighted by atomic mass is 14.6. The van der Waals surface area contributed by atoms with Crippen LogP contribution in [0.15, 0.2) is 134 Å². The molecule has 2 heterocycles. The van der Waals surface area contributed by atoms with Gasteiger partial charge in [-0.25, -0.2) is 0 Å². The molecule has 6 aromatic rings. The number of benzene rings is 4. The van der Waals surface area contributed by atoms with Crippen LogP contribution in [0.2, 0.25) is 0 Å². The molecule has 0 atom stereocenters. The van der Waals surface area contributed by atoms with Crippen LogP contribution in [0.25, 0.3) is 66.1 Å². The van der Waals surface area contributed by atoms with Crippen molar-refractivity contribution in [3.05, 3.63) is 156 Å². The molecule has 42 heavy (non-hydrogen) atoms. The van der Waals surface area contributed by atoms with Gasteiger partial charge in [-0.05, 0) is 114 Å². The molecule has 4 aliphatic carbocycles. The molecule has 2 nitrogen and oxygen atoms in total.